The molecule has 0 bridgehead atoms. The molecule has 0 aliphatic carbocycles. The summed E-state index contributed by atoms with van der Waals surface area (Å²) in [6, 6.07) is 2.68. The Morgan fingerprint density at radius 1 is 1.42 bits per heavy atom. The number of rotatable bonds is 6. The Morgan fingerprint density at radius 2 is 2.11 bits per heavy atom. The topological polar surface area (TPSA) is 95.5 Å². The molecule has 1 atom stereocenters. The molecule has 1 rings (SSSR count). The van der Waals surface area contributed by atoms with E-state index in [0.717, 1.165) is 3.79 Å². The highest BCUT2D eigenvalue weighted by atomic mass is 79.9. The zero-order chi connectivity index (χ0) is 14.4. The first kappa shape index (κ1) is 15.6. The van der Waals surface area contributed by atoms with Crippen molar-refractivity contribution in [2.24, 2.45) is 0 Å². The van der Waals surface area contributed by atoms with Gasteiger partial charge in [-0.05, 0) is 35.0 Å². The van der Waals surface area contributed by atoms with Gasteiger partial charge in [0.15, 0.2) is 0 Å². The van der Waals surface area contributed by atoms with Crippen LogP contribution in [0, 0.1) is 0 Å². The minimum atomic E-state index is -0.986. The summed E-state index contributed by atoms with van der Waals surface area (Å²) in [6.45, 7) is 1.58. The van der Waals surface area contributed by atoms with Gasteiger partial charge in [-0.3, -0.25) is 14.4 Å². The van der Waals surface area contributed by atoms with Gasteiger partial charge in [0.25, 0.3) is 5.91 Å². The number of carbonyl (C=O) groups excluding carboxylic acids is 2. The molecule has 1 heterocycles. The largest absolute Gasteiger partial charge is 0.481 e. The van der Waals surface area contributed by atoms with Gasteiger partial charge >= 0.3 is 5.97 Å². The molecule has 0 aliphatic heterocycles. The van der Waals surface area contributed by atoms with Gasteiger partial charge in [0.1, 0.15) is 6.04 Å². The number of hydrogen-bond acceptors (Lipinski definition) is 4. The Hall–Kier alpha value is -1.41. The van der Waals surface area contributed by atoms with Crippen molar-refractivity contribution >= 4 is 45.1 Å². The standard InChI is InChI=1S/C11H13BrN2O4S/c1-6(10(17)13-5-4-9(15)16)14-11(18)7-2-3-8(12)19-7/h2-3,6H,4-5H2,1H3,(H,13,17)(H,14,18)(H,15,16). The molecule has 3 N–H and O–H groups in total. The summed E-state index contributed by atoms with van der Waals surface area (Å²) in [4.78, 5) is 34.1. The van der Waals surface area contributed by atoms with Gasteiger partial charge < -0.3 is 15.7 Å². The molecule has 1 aromatic heterocycles. The summed E-state index contributed by atoms with van der Waals surface area (Å²) >= 11 is 4.51. The van der Waals surface area contributed by atoms with E-state index in [9.17, 15) is 14.4 Å². The fourth-order valence-corrected chi connectivity index (χ4v) is 2.50. The van der Waals surface area contributed by atoms with E-state index in [4.69, 9.17) is 5.11 Å². The van der Waals surface area contributed by atoms with Crippen molar-refractivity contribution in [3.8, 4) is 0 Å². The molecule has 0 fully saturated rings. The van der Waals surface area contributed by atoms with Gasteiger partial charge in [0.2, 0.25) is 5.91 Å². The maximum Gasteiger partial charge on any atom is 0.305 e. The number of amides is 2. The molecule has 8 heteroatoms. The Bertz CT molecular complexity index is 489. The lowest BCUT2D eigenvalue weighted by Gasteiger charge is -2.12. The molecule has 0 saturated heterocycles. The van der Waals surface area contributed by atoms with Crippen LogP contribution in [0.5, 0.6) is 0 Å². The average Bonchev–Trinajstić information content (AvgIpc) is 2.75. The number of aliphatic carboxylic acids is 1. The zero-order valence-electron chi connectivity index (χ0n) is 10.1. The van der Waals surface area contributed by atoms with Crippen LogP contribution in [0.25, 0.3) is 0 Å². The fourth-order valence-electron chi connectivity index (χ4n) is 1.22. The van der Waals surface area contributed by atoms with Gasteiger partial charge in [-0.25, -0.2) is 0 Å². The Labute approximate surface area is 122 Å². The summed E-state index contributed by atoms with van der Waals surface area (Å²) in [5.74, 6) is -1.73. The average molecular weight is 349 g/mol. The van der Waals surface area contributed by atoms with Crippen LogP contribution < -0.4 is 10.6 Å². The highest BCUT2D eigenvalue weighted by Gasteiger charge is 2.17. The molecule has 0 aromatic carbocycles. The van der Waals surface area contributed by atoms with Gasteiger partial charge in [0.05, 0.1) is 15.1 Å². The summed E-state index contributed by atoms with van der Waals surface area (Å²) in [5.41, 5.74) is 0. The highest BCUT2D eigenvalue weighted by molar-refractivity contribution is 9.11. The maximum atomic E-state index is 11.8. The number of carbonyl (C=O) groups is 3. The monoisotopic (exact) mass is 348 g/mol. The maximum absolute atomic E-state index is 11.8. The van der Waals surface area contributed by atoms with Crippen LogP contribution in [0.2, 0.25) is 0 Å². The number of carboxylic acid groups (broad SMARTS) is 1. The molecule has 1 aromatic rings. The molecule has 6 nitrogen and oxygen atoms in total. The first-order valence-electron chi connectivity index (χ1n) is 5.46. The normalized spacial score (nSPS) is 11.7. The van der Waals surface area contributed by atoms with E-state index in [1.165, 1.54) is 18.3 Å². The Morgan fingerprint density at radius 3 is 2.63 bits per heavy atom. The van der Waals surface area contributed by atoms with Crippen molar-refractivity contribution in [2.45, 2.75) is 19.4 Å². The summed E-state index contributed by atoms with van der Waals surface area (Å²) < 4.78 is 0.830. The van der Waals surface area contributed by atoms with Gasteiger partial charge in [-0.2, -0.15) is 0 Å². The lowest BCUT2D eigenvalue weighted by atomic mass is 10.3. The number of halogens is 1. The second-order valence-electron chi connectivity index (χ2n) is 3.73. The minimum absolute atomic E-state index is 0.0406. The lowest BCUT2D eigenvalue weighted by Crippen LogP contribution is -2.45. The van der Waals surface area contributed by atoms with Crippen LogP contribution in [-0.4, -0.2) is 35.5 Å². The summed E-state index contributed by atoms with van der Waals surface area (Å²) in [6.07, 6.45) is -0.149. The van der Waals surface area contributed by atoms with Crippen LogP contribution in [0.3, 0.4) is 0 Å². The van der Waals surface area contributed by atoms with Crippen molar-refractivity contribution in [3.63, 3.8) is 0 Å². The molecule has 0 saturated carbocycles. The van der Waals surface area contributed by atoms with Crippen molar-refractivity contribution in [3.05, 3.63) is 20.8 Å². The van der Waals surface area contributed by atoms with E-state index in [1.54, 1.807) is 12.1 Å². The second kappa shape index (κ2) is 7.25. The molecule has 0 radical (unpaired) electrons. The number of nitrogens with one attached hydrogen (secondary N) is 2. The molecule has 19 heavy (non-hydrogen) atoms. The highest BCUT2D eigenvalue weighted by Crippen LogP contribution is 2.21. The molecular weight excluding hydrogens is 336 g/mol. The third kappa shape index (κ3) is 5.39. The minimum Gasteiger partial charge on any atom is -0.481 e. The SMILES string of the molecule is CC(NC(=O)c1ccc(Br)s1)C(=O)NCCC(=O)O. The van der Waals surface area contributed by atoms with Crippen LogP contribution in [0.15, 0.2) is 15.9 Å². The summed E-state index contributed by atoms with van der Waals surface area (Å²) in [7, 11) is 0. The molecular formula is C11H13BrN2O4S. The third-order valence-corrected chi connectivity index (χ3v) is 3.80. The van der Waals surface area contributed by atoms with Gasteiger partial charge in [-0.15, -0.1) is 11.3 Å². The van der Waals surface area contributed by atoms with E-state index < -0.39 is 17.9 Å². The summed E-state index contributed by atoms with van der Waals surface area (Å²) in [5, 5.41) is 13.4. The molecule has 104 valence electrons. The predicted molar refractivity (Wildman–Crippen MR) is 74.2 cm³/mol. The predicted octanol–water partition coefficient (Wildman–Crippen LogP) is 1.22. The van der Waals surface area contributed by atoms with E-state index in [0.29, 0.717) is 4.88 Å². The van der Waals surface area contributed by atoms with E-state index >= 15 is 0 Å². The molecule has 0 spiro atoms. The van der Waals surface area contributed by atoms with E-state index in [1.807, 2.05) is 0 Å². The van der Waals surface area contributed by atoms with Crippen molar-refractivity contribution in [2.75, 3.05) is 6.54 Å². The quantitative estimate of drug-likeness (QED) is 0.720. The Kier molecular flexibility index (Phi) is 5.97. The van der Waals surface area contributed by atoms with Crippen molar-refractivity contribution in [1.29, 1.82) is 0 Å². The lowest BCUT2D eigenvalue weighted by molar-refractivity contribution is -0.137. The third-order valence-electron chi connectivity index (χ3n) is 2.18. The number of hydrogen-bond donors (Lipinski definition) is 3. The van der Waals surface area contributed by atoms with E-state index in [2.05, 4.69) is 26.6 Å². The van der Waals surface area contributed by atoms with E-state index in [-0.39, 0.29) is 18.9 Å². The van der Waals surface area contributed by atoms with Crippen LogP contribution >= 0.6 is 27.3 Å². The first-order chi connectivity index (χ1) is 8.90. The van der Waals surface area contributed by atoms with Crippen LogP contribution in [-0.2, 0) is 9.59 Å². The zero-order valence-corrected chi connectivity index (χ0v) is 12.5. The number of thiophene rings is 1. The Balaban J connectivity index is 2.41. The van der Waals surface area contributed by atoms with Crippen LogP contribution in [0.1, 0.15) is 23.0 Å². The van der Waals surface area contributed by atoms with Gasteiger partial charge in [-0.1, -0.05) is 0 Å². The number of carboxylic acids is 1. The van der Waals surface area contributed by atoms with Gasteiger partial charge in [0, 0.05) is 6.54 Å². The van der Waals surface area contributed by atoms with Crippen LogP contribution in [0.4, 0.5) is 0 Å². The second-order valence-corrected chi connectivity index (χ2v) is 6.20. The fraction of sp³-hybridized carbons (Fsp3) is 0.364. The molecule has 2 amide bonds. The van der Waals surface area contributed by atoms with Crippen molar-refractivity contribution < 1.29 is 19.5 Å². The molecule has 1 unspecified atom stereocenters. The van der Waals surface area contributed by atoms with Crippen molar-refractivity contribution in [1.82, 2.24) is 10.6 Å². The first-order valence-corrected chi connectivity index (χ1v) is 7.07. The molecule has 0 aliphatic rings. The smallest absolute Gasteiger partial charge is 0.305 e.